The number of aliphatic carboxylic acids is 1. The highest BCUT2D eigenvalue weighted by atomic mass is 19.3. The van der Waals surface area contributed by atoms with Gasteiger partial charge in [0.05, 0.1) is 11.5 Å². The van der Waals surface area contributed by atoms with Gasteiger partial charge in [-0.15, -0.1) is 0 Å². The third kappa shape index (κ3) is 3.23. The molecule has 3 atom stereocenters. The van der Waals surface area contributed by atoms with Gasteiger partial charge in [0, 0.05) is 25.3 Å². The number of halogens is 2. The van der Waals surface area contributed by atoms with E-state index >= 15 is 0 Å². The SMILES string of the molecule is O=C1C(N2C[C@@H]3CCC[C@@]3(C(=O)O)C2)CCCN1c1ccc(OC(F)F)cc1. The standard InChI is InChI=1S/C20H24F2N2O4/c21-19(22)28-15-7-5-14(6-8-15)24-10-2-4-16(17(24)25)23-11-13-3-1-9-20(13,12-23)18(26)27/h5-8,13,16,19H,1-4,9-12H2,(H,26,27)/t13-,16?,20+/m0/s1. The van der Waals surface area contributed by atoms with Crippen molar-refractivity contribution in [1.82, 2.24) is 4.90 Å². The summed E-state index contributed by atoms with van der Waals surface area (Å²) in [5.41, 5.74) is -0.0692. The maximum Gasteiger partial charge on any atom is 0.387 e. The van der Waals surface area contributed by atoms with Crippen LogP contribution in [0.1, 0.15) is 32.1 Å². The Morgan fingerprint density at radius 2 is 1.96 bits per heavy atom. The summed E-state index contributed by atoms with van der Waals surface area (Å²) < 4.78 is 29.0. The fourth-order valence-electron chi connectivity index (χ4n) is 5.17. The van der Waals surface area contributed by atoms with Gasteiger partial charge < -0.3 is 14.7 Å². The lowest BCUT2D eigenvalue weighted by atomic mass is 9.81. The molecule has 2 heterocycles. The predicted molar refractivity (Wildman–Crippen MR) is 97.4 cm³/mol. The van der Waals surface area contributed by atoms with Crippen molar-refractivity contribution in [2.45, 2.75) is 44.8 Å². The van der Waals surface area contributed by atoms with Gasteiger partial charge in [0.15, 0.2) is 0 Å². The Morgan fingerprint density at radius 1 is 1.21 bits per heavy atom. The van der Waals surface area contributed by atoms with E-state index in [1.165, 1.54) is 12.1 Å². The molecular weight excluding hydrogens is 370 g/mol. The van der Waals surface area contributed by atoms with Crippen LogP contribution in [0.4, 0.5) is 14.5 Å². The van der Waals surface area contributed by atoms with E-state index in [2.05, 4.69) is 9.64 Å². The minimum Gasteiger partial charge on any atom is -0.481 e. The third-order valence-electron chi connectivity index (χ3n) is 6.55. The Balaban J connectivity index is 1.49. The van der Waals surface area contributed by atoms with Crippen LogP contribution in [0, 0.1) is 11.3 Å². The molecule has 152 valence electrons. The first kappa shape index (κ1) is 19.1. The number of piperidine rings is 1. The van der Waals surface area contributed by atoms with E-state index in [-0.39, 0.29) is 23.6 Å². The lowest BCUT2D eigenvalue weighted by Crippen LogP contribution is -2.52. The van der Waals surface area contributed by atoms with Crippen LogP contribution >= 0.6 is 0 Å². The zero-order chi connectivity index (χ0) is 19.9. The number of anilines is 1. The van der Waals surface area contributed by atoms with E-state index in [0.29, 0.717) is 38.2 Å². The molecule has 2 aliphatic heterocycles. The van der Waals surface area contributed by atoms with Crippen molar-refractivity contribution in [1.29, 1.82) is 0 Å². The molecule has 28 heavy (non-hydrogen) atoms. The Kier molecular flexibility index (Phi) is 4.99. The number of alkyl halides is 2. The zero-order valence-corrected chi connectivity index (χ0v) is 15.5. The Labute approximate surface area is 162 Å². The summed E-state index contributed by atoms with van der Waals surface area (Å²) in [6, 6.07) is 5.74. The number of carboxylic acids is 1. The summed E-state index contributed by atoms with van der Waals surface area (Å²) in [6.45, 7) is -1.25. The molecule has 6 nitrogen and oxygen atoms in total. The molecule has 3 aliphatic rings. The molecular formula is C20H24F2N2O4. The Morgan fingerprint density at radius 3 is 2.61 bits per heavy atom. The lowest BCUT2D eigenvalue weighted by molar-refractivity contribution is -0.149. The summed E-state index contributed by atoms with van der Waals surface area (Å²) in [5, 5.41) is 9.79. The zero-order valence-electron chi connectivity index (χ0n) is 15.5. The second kappa shape index (κ2) is 7.31. The van der Waals surface area contributed by atoms with Gasteiger partial charge in [0.25, 0.3) is 0 Å². The van der Waals surface area contributed by atoms with E-state index in [9.17, 15) is 23.5 Å². The summed E-state index contributed by atoms with van der Waals surface area (Å²) in [4.78, 5) is 28.8. The third-order valence-corrected chi connectivity index (χ3v) is 6.55. The first-order chi connectivity index (χ1) is 13.4. The van der Waals surface area contributed by atoms with Gasteiger partial charge in [-0.05, 0) is 55.9 Å². The van der Waals surface area contributed by atoms with E-state index in [0.717, 1.165) is 19.3 Å². The van der Waals surface area contributed by atoms with Crippen LogP contribution in [0.25, 0.3) is 0 Å². The smallest absolute Gasteiger partial charge is 0.387 e. The van der Waals surface area contributed by atoms with Crippen molar-refractivity contribution in [3.8, 4) is 5.75 Å². The topological polar surface area (TPSA) is 70.1 Å². The van der Waals surface area contributed by atoms with Crippen LogP contribution < -0.4 is 9.64 Å². The van der Waals surface area contributed by atoms with Crippen molar-refractivity contribution in [2.75, 3.05) is 24.5 Å². The van der Waals surface area contributed by atoms with E-state index in [4.69, 9.17) is 0 Å². The molecule has 1 unspecified atom stereocenters. The first-order valence-corrected chi connectivity index (χ1v) is 9.74. The summed E-state index contributed by atoms with van der Waals surface area (Å²) in [7, 11) is 0. The fraction of sp³-hybridized carbons (Fsp3) is 0.600. The van der Waals surface area contributed by atoms with Gasteiger partial charge in [-0.25, -0.2) is 0 Å². The molecule has 0 spiro atoms. The van der Waals surface area contributed by atoms with Crippen LogP contribution in [-0.2, 0) is 9.59 Å². The lowest BCUT2D eigenvalue weighted by Gasteiger charge is -2.37. The number of carboxylic acid groups (broad SMARTS) is 1. The largest absolute Gasteiger partial charge is 0.481 e. The molecule has 0 radical (unpaired) electrons. The van der Waals surface area contributed by atoms with E-state index in [1.807, 2.05) is 0 Å². The van der Waals surface area contributed by atoms with Crippen LogP contribution in [0.2, 0.25) is 0 Å². The number of carbonyl (C=O) groups excluding carboxylic acids is 1. The minimum atomic E-state index is -2.89. The first-order valence-electron chi connectivity index (χ1n) is 9.74. The molecule has 1 aromatic rings. The average Bonchev–Trinajstić information content (AvgIpc) is 3.21. The molecule has 4 rings (SSSR count). The highest BCUT2D eigenvalue weighted by molar-refractivity contribution is 5.98. The number of amides is 1. The van der Waals surface area contributed by atoms with Crippen LogP contribution in [0.15, 0.2) is 24.3 Å². The minimum absolute atomic E-state index is 0.0470. The maximum absolute atomic E-state index is 13.2. The molecule has 1 saturated carbocycles. The number of fused-ring (bicyclic) bond motifs is 1. The summed E-state index contributed by atoms with van der Waals surface area (Å²) in [5.74, 6) is -0.629. The van der Waals surface area contributed by atoms with Crippen molar-refractivity contribution in [2.24, 2.45) is 11.3 Å². The highest BCUT2D eigenvalue weighted by Crippen LogP contribution is 2.50. The van der Waals surface area contributed by atoms with Gasteiger partial charge in [-0.3, -0.25) is 14.5 Å². The second-order valence-corrected chi connectivity index (χ2v) is 8.00. The van der Waals surface area contributed by atoms with Gasteiger partial charge in [0.1, 0.15) is 5.75 Å². The molecule has 1 aliphatic carbocycles. The van der Waals surface area contributed by atoms with Crippen molar-refractivity contribution in [3.63, 3.8) is 0 Å². The fourth-order valence-corrected chi connectivity index (χ4v) is 5.17. The van der Waals surface area contributed by atoms with Gasteiger partial charge >= 0.3 is 12.6 Å². The number of benzene rings is 1. The van der Waals surface area contributed by atoms with Gasteiger partial charge in [-0.2, -0.15) is 8.78 Å². The van der Waals surface area contributed by atoms with Crippen molar-refractivity contribution >= 4 is 17.6 Å². The number of likely N-dealkylation sites (tertiary alicyclic amines) is 1. The quantitative estimate of drug-likeness (QED) is 0.832. The van der Waals surface area contributed by atoms with Crippen molar-refractivity contribution < 1.29 is 28.2 Å². The number of ether oxygens (including phenoxy) is 1. The number of hydrogen-bond donors (Lipinski definition) is 1. The number of nitrogens with zero attached hydrogens (tertiary/aromatic N) is 2. The molecule has 1 N–H and O–H groups in total. The Bertz CT molecular complexity index is 757. The molecule has 2 saturated heterocycles. The van der Waals surface area contributed by atoms with E-state index in [1.54, 1.807) is 17.0 Å². The molecule has 0 bridgehead atoms. The van der Waals surface area contributed by atoms with Crippen LogP contribution in [0.3, 0.4) is 0 Å². The molecule has 8 heteroatoms. The summed E-state index contributed by atoms with van der Waals surface area (Å²) in [6.07, 6.45) is 4.04. The predicted octanol–water partition coefficient (Wildman–Crippen LogP) is 2.97. The number of hydrogen-bond acceptors (Lipinski definition) is 4. The number of carbonyl (C=O) groups is 2. The monoisotopic (exact) mass is 394 g/mol. The second-order valence-electron chi connectivity index (χ2n) is 8.00. The maximum atomic E-state index is 13.2. The van der Waals surface area contributed by atoms with E-state index < -0.39 is 18.0 Å². The summed E-state index contributed by atoms with van der Waals surface area (Å²) >= 11 is 0. The van der Waals surface area contributed by atoms with Gasteiger partial charge in [0.2, 0.25) is 5.91 Å². The van der Waals surface area contributed by atoms with Crippen molar-refractivity contribution in [3.05, 3.63) is 24.3 Å². The Hall–Kier alpha value is -2.22. The number of rotatable bonds is 5. The highest BCUT2D eigenvalue weighted by Gasteiger charge is 2.56. The molecule has 1 aromatic carbocycles. The normalized spacial score (nSPS) is 30.7. The molecule has 0 aromatic heterocycles. The van der Waals surface area contributed by atoms with Crippen LogP contribution in [-0.4, -0.2) is 54.2 Å². The van der Waals surface area contributed by atoms with Crippen LogP contribution in [0.5, 0.6) is 5.75 Å². The average molecular weight is 394 g/mol. The van der Waals surface area contributed by atoms with Gasteiger partial charge in [-0.1, -0.05) is 6.42 Å². The molecule has 3 fully saturated rings. The molecule has 1 amide bonds.